The van der Waals surface area contributed by atoms with Crippen molar-refractivity contribution >= 4 is 28.0 Å². The lowest BCUT2D eigenvalue weighted by Gasteiger charge is -2.31. The predicted molar refractivity (Wildman–Crippen MR) is 118 cm³/mol. The lowest BCUT2D eigenvalue weighted by atomic mass is 9.76. The first-order valence-electron chi connectivity index (χ1n) is 11.0. The minimum absolute atomic E-state index is 0.0772. The predicted octanol–water partition coefficient (Wildman–Crippen LogP) is 6.96. The van der Waals surface area contributed by atoms with Crippen molar-refractivity contribution in [2.24, 2.45) is 5.92 Å². The lowest BCUT2D eigenvalue weighted by molar-refractivity contribution is 0.301. The molecular formula is C25H24F3N3O. The standard InChI is InChI=1S/C25H24F3N3O/c1-14(30-25-31-22-9-7-20(27)23(28)24(22)32-25)12-15-2-4-16(5-3-15)18-10-11-29-21-8-6-17(26)13-19(18)21/h6-11,13-16H,2-5,12H2,1H3,(H,30,31)/t14?,15-,16+. The maximum atomic E-state index is 13.9. The van der Waals surface area contributed by atoms with E-state index in [0.717, 1.165) is 49.1 Å². The van der Waals surface area contributed by atoms with Crippen molar-refractivity contribution in [1.29, 1.82) is 0 Å². The van der Waals surface area contributed by atoms with E-state index in [9.17, 15) is 13.2 Å². The van der Waals surface area contributed by atoms with Gasteiger partial charge in [0.1, 0.15) is 11.3 Å². The van der Waals surface area contributed by atoms with Gasteiger partial charge in [0.2, 0.25) is 5.82 Å². The van der Waals surface area contributed by atoms with Crippen LogP contribution in [0.1, 0.15) is 50.5 Å². The number of hydrogen-bond acceptors (Lipinski definition) is 4. The lowest BCUT2D eigenvalue weighted by Crippen LogP contribution is -2.23. The number of nitrogens with one attached hydrogen (secondary N) is 1. The first-order valence-corrected chi connectivity index (χ1v) is 11.0. The van der Waals surface area contributed by atoms with E-state index in [1.165, 1.54) is 17.7 Å². The number of anilines is 1. The van der Waals surface area contributed by atoms with Gasteiger partial charge in [0.05, 0.1) is 5.52 Å². The molecule has 4 nitrogen and oxygen atoms in total. The maximum Gasteiger partial charge on any atom is 0.296 e. The molecule has 32 heavy (non-hydrogen) atoms. The van der Waals surface area contributed by atoms with Crippen molar-refractivity contribution in [3.8, 4) is 0 Å². The smallest absolute Gasteiger partial charge is 0.296 e. The Morgan fingerprint density at radius 1 is 1.03 bits per heavy atom. The molecule has 2 aromatic carbocycles. The van der Waals surface area contributed by atoms with Crippen LogP contribution in [0, 0.1) is 23.4 Å². The van der Waals surface area contributed by atoms with Gasteiger partial charge in [-0.1, -0.05) is 0 Å². The average Bonchev–Trinajstić information content (AvgIpc) is 3.19. The number of oxazole rings is 1. The summed E-state index contributed by atoms with van der Waals surface area (Å²) in [6.45, 7) is 2.04. The third-order valence-corrected chi connectivity index (χ3v) is 6.53. The monoisotopic (exact) mass is 439 g/mol. The topological polar surface area (TPSA) is 51.0 Å². The highest BCUT2D eigenvalue weighted by Crippen LogP contribution is 2.40. The van der Waals surface area contributed by atoms with Crippen molar-refractivity contribution in [2.75, 3.05) is 5.32 Å². The van der Waals surface area contributed by atoms with Crippen LogP contribution < -0.4 is 5.32 Å². The zero-order valence-corrected chi connectivity index (χ0v) is 17.7. The van der Waals surface area contributed by atoms with Crippen molar-refractivity contribution < 1.29 is 17.6 Å². The Bertz CT molecular complexity index is 1260. The molecule has 4 aromatic rings. The molecule has 1 aliphatic carbocycles. The Labute approximate surface area is 183 Å². The van der Waals surface area contributed by atoms with Gasteiger partial charge >= 0.3 is 0 Å². The van der Waals surface area contributed by atoms with Crippen molar-refractivity contribution in [3.05, 3.63) is 65.6 Å². The molecule has 1 atom stereocenters. The molecule has 0 aliphatic heterocycles. The van der Waals surface area contributed by atoms with Gasteiger partial charge in [-0.15, -0.1) is 0 Å². The molecule has 2 aromatic heterocycles. The fourth-order valence-electron chi connectivity index (χ4n) is 4.97. The SMILES string of the molecule is CC(C[C@H]1CC[C@@H](c2ccnc3ccc(F)cc32)CC1)Nc1nc2ccc(F)c(F)c2o1. The normalized spacial score (nSPS) is 20.0. The zero-order valence-electron chi connectivity index (χ0n) is 17.7. The largest absolute Gasteiger partial charge is 0.420 e. The first kappa shape index (κ1) is 20.8. The van der Waals surface area contributed by atoms with Crippen LogP contribution in [-0.2, 0) is 0 Å². The van der Waals surface area contributed by atoms with E-state index < -0.39 is 11.6 Å². The Kier molecular flexibility index (Phi) is 5.49. The fraction of sp³-hybridized carbons (Fsp3) is 0.360. The Morgan fingerprint density at radius 3 is 2.62 bits per heavy atom. The van der Waals surface area contributed by atoms with Crippen LogP contribution >= 0.6 is 0 Å². The summed E-state index contributed by atoms with van der Waals surface area (Å²) in [6, 6.07) is 9.53. The molecule has 1 unspecified atom stereocenters. The van der Waals surface area contributed by atoms with Gasteiger partial charge in [0, 0.05) is 17.6 Å². The average molecular weight is 439 g/mol. The number of aromatic nitrogens is 2. The quantitative estimate of drug-likeness (QED) is 0.365. The van der Waals surface area contributed by atoms with Gasteiger partial charge in [0.25, 0.3) is 6.01 Å². The second-order valence-electron chi connectivity index (χ2n) is 8.79. The minimum atomic E-state index is -1.02. The Morgan fingerprint density at radius 2 is 1.81 bits per heavy atom. The van der Waals surface area contributed by atoms with Crippen LogP contribution in [0.5, 0.6) is 0 Å². The summed E-state index contributed by atoms with van der Waals surface area (Å²) in [5, 5.41) is 4.09. The zero-order chi connectivity index (χ0) is 22.2. The maximum absolute atomic E-state index is 13.9. The molecule has 0 amide bonds. The Hall–Kier alpha value is -3.09. The Balaban J connectivity index is 1.21. The highest BCUT2D eigenvalue weighted by atomic mass is 19.2. The van der Waals surface area contributed by atoms with Crippen LogP contribution in [0.3, 0.4) is 0 Å². The molecule has 1 N–H and O–H groups in total. The van der Waals surface area contributed by atoms with Gasteiger partial charge in [0.15, 0.2) is 11.4 Å². The molecule has 1 aliphatic rings. The molecular weight excluding hydrogens is 415 g/mol. The fourth-order valence-corrected chi connectivity index (χ4v) is 4.97. The van der Waals surface area contributed by atoms with E-state index in [-0.39, 0.29) is 23.5 Å². The van der Waals surface area contributed by atoms with Crippen LogP contribution in [0.2, 0.25) is 0 Å². The summed E-state index contributed by atoms with van der Waals surface area (Å²) in [6.07, 6.45) is 6.96. The summed E-state index contributed by atoms with van der Waals surface area (Å²) in [5.41, 5.74) is 2.14. The van der Waals surface area contributed by atoms with Crippen LogP contribution in [0.25, 0.3) is 22.0 Å². The van der Waals surface area contributed by atoms with Gasteiger partial charge in [-0.05, 0) is 92.8 Å². The molecule has 1 fully saturated rings. The molecule has 0 radical (unpaired) electrons. The third-order valence-electron chi connectivity index (χ3n) is 6.53. The summed E-state index contributed by atoms with van der Waals surface area (Å²) in [5.74, 6) is -1.26. The van der Waals surface area contributed by atoms with Crippen LogP contribution in [0.15, 0.2) is 47.0 Å². The minimum Gasteiger partial charge on any atom is -0.420 e. The van der Waals surface area contributed by atoms with Gasteiger partial charge in [-0.3, -0.25) is 4.98 Å². The van der Waals surface area contributed by atoms with Gasteiger partial charge < -0.3 is 9.73 Å². The van der Waals surface area contributed by atoms with E-state index in [4.69, 9.17) is 4.42 Å². The van der Waals surface area contributed by atoms with E-state index in [1.54, 1.807) is 12.1 Å². The van der Waals surface area contributed by atoms with Crippen molar-refractivity contribution in [1.82, 2.24) is 9.97 Å². The van der Waals surface area contributed by atoms with E-state index in [1.807, 2.05) is 19.2 Å². The number of fused-ring (bicyclic) bond motifs is 2. The second-order valence-corrected chi connectivity index (χ2v) is 8.79. The molecule has 0 spiro atoms. The number of rotatable bonds is 5. The first-order chi connectivity index (χ1) is 15.5. The number of benzene rings is 2. The van der Waals surface area contributed by atoms with Gasteiger partial charge in [-0.25, -0.2) is 8.78 Å². The second kappa shape index (κ2) is 8.45. The van der Waals surface area contributed by atoms with E-state index in [0.29, 0.717) is 17.4 Å². The molecule has 7 heteroatoms. The number of nitrogens with zero attached hydrogens (tertiary/aromatic N) is 2. The molecule has 166 valence electrons. The van der Waals surface area contributed by atoms with Crippen molar-refractivity contribution in [2.45, 2.75) is 51.0 Å². The highest BCUT2D eigenvalue weighted by molar-refractivity contribution is 5.82. The van der Waals surface area contributed by atoms with E-state index in [2.05, 4.69) is 15.3 Å². The molecule has 1 saturated carbocycles. The third kappa shape index (κ3) is 4.04. The van der Waals surface area contributed by atoms with Crippen LogP contribution in [0.4, 0.5) is 19.2 Å². The number of pyridine rings is 1. The highest BCUT2D eigenvalue weighted by Gasteiger charge is 2.25. The van der Waals surface area contributed by atoms with Gasteiger partial charge in [-0.2, -0.15) is 9.37 Å². The summed E-state index contributed by atoms with van der Waals surface area (Å²) in [4.78, 5) is 8.58. The summed E-state index contributed by atoms with van der Waals surface area (Å²) < 4.78 is 46.4. The molecule has 0 saturated heterocycles. The number of hydrogen-bond donors (Lipinski definition) is 1. The summed E-state index contributed by atoms with van der Waals surface area (Å²) in [7, 11) is 0. The summed E-state index contributed by atoms with van der Waals surface area (Å²) >= 11 is 0. The molecule has 0 bridgehead atoms. The molecule has 2 heterocycles. The van der Waals surface area contributed by atoms with Crippen molar-refractivity contribution in [3.63, 3.8) is 0 Å². The van der Waals surface area contributed by atoms with Crippen LogP contribution in [-0.4, -0.2) is 16.0 Å². The van der Waals surface area contributed by atoms with E-state index >= 15 is 0 Å². The number of halogens is 3. The molecule has 5 rings (SSSR count).